The third kappa shape index (κ3) is 4.88. The van der Waals surface area contributed by atoms with E-state index in [9.17, 15) is 9.90 Å². The summed E-state index contributed by atoms with van der Waals surface area (Å²) < 4.78 is 3.27. The van der Waals surface area contributed by atoms with E-state index in [0.29, 0.717) is 0 Å². The Morgan fingerprint density at radius 2 is 1.61 bits per heavy atom. The topological polar surface area (TPSA) is 47.9 Å². The average Bonchev–Trinajstić information content (AvgIpc) is 2.59. The predicted molar refractivity (Wildman–Crippen MR) is 86.4 cm³/mol. The van der Waals surface area contributed by atoms with Gasteiger partial charge in [0.2, 0.25) is 0 Å². The van der Waals surface area contributed by atoms with E-state index in [1.54, 1.807) is 12.1 Å². The van der Waals surface area contributed by atoms with Crippen LogP contribution in [0.3, 0.4) is 0 Å². The summed E-state index contributed by atoms with van der Waals surface area (Å²) in [6.45, 7) is 5.54. The molecule has 0 aliphatic rings. The molecule has 0 aliphatic heterocycles. The van der Waals surface area contributed by atoms with Crippen LogP contribution in [0.2, 0.25) is 0 Å². The molecule has 0 aliphatic carbocycles. The maximum absolute atomic E-state index is 10.7. The summed E-state index contributed by atoms with van der Waals surface area (Å²) >= 11 is 0. The van der Waals surface area contributed by atoms with Gasteiger partial charge in [-0.05, 0) is 24.0 Å². The Labute approximate surface area is 138 Å². The Morgan fingerprint density at radius 3 is 2.09 bits per heavy atom. The van der Waals surface area contributed by atoms with Crippen molar-refractivity contribution in [3.05, 3.63) is 49.1 Å². The van der Waals surface area contributed by atoms with Crippen molar-refractivity contribution in [1.82, 2.24) is 0 Å². The molecule has 0 spiro atoms. The molecule has 0 saturated heterocycles. The highest BCUT2D eigenvalue weighted by molar-refractivity contribution is 5.61. The van der Waals surface area contributed by atoms with Gasteiger partial charge in [0.15, 0.2) is 31.3 Å². The number of nitrogens with zero attached hydrogens (tertiary/aromatic N) is 2. The number of carbonyl (C=O) groups excluding carboxylic acids is 1. The minimum absolute atomic E-state index is 0.726. The van der Waals surface area contributed by atoms with Gasteiger partial charge >= 0.3 is 6.09 Å². The van der Waals surface area contributed by atoms with Gasteiger partial charge in [0.1, 0.15) is 0 Å². The Kier molecular flexibility index (Phi) is 6.27. The quantitative estimate of drug-likeness (QED) is 0.737. The third-order valence-electron chi connectivity index (χ3n) is 4.28. The molecule has 2 aromatic rings. The molecule has 0 N–H and O–H groups in total. The first-order valence-corrected chi connectivity index (χ1v) is 8.36. The van der Waals surface area contributed by atoms with E-state index in [1.807, 2.05) is 0 Å². The van der Waals surface area contributed by atoms with Crippen LogP contribution in [-0.4, -0.2) is 6.09 Å². The highest BCUT2D eigenvalue weighted by Crippen LogP contribution is 2.16. The van der Waals surface area contributed by atoms with E-state index < -0.39 is 6.09 Å². The molecule has 2 rings (SSSR count). The first-order valence-electron chi connectivity index (χ1n) is 8.36. The molecule has 0 amide bonds. The molecule has 23 heavy (non-hydrogen) atoms. The van der Waals surface area contributed by atoms with E-state index in [4.69, 9.17) is 0 Å². The van der Waals surface area contributed by atoms with E-state index in [0.717, 1.165) is 28.2 Å². The fourth-order valence-corrected chi connectivity index (χ4v) is 2.73. The average molecular weight is 313 g/mol. The number of aromatic nitrogens is 2. The number of carbonyl (C=O) groups is 1. The fraction of sp³-hybridized carbons (Fsp3) is 0.421. The number of pyridine rings is 2. The smallest absolute Gasteiger partial charge is 0.343 e. The fourth-order valence-electron chi connectivity index (χ4n) is 2.73. The monoisotopic (exact) mass is 313 g/mol. The van der Waals surface area contributed by atoms with Crippen molar-refractivity contribution in [3.8, 4) is 11.1 Å². The summed E-state index contributed by atoms with van der Waals surface area (Å²) in [4.78, 5) is 10.7. The summed E-state index contributed by atoms with van der Waals surface area (Å²) in [6, 6.07) is 7.72. The third-order valence-corrected chi connectivity index (χ3v) is 4.28. The number of hydrogen-bond donors (Lipinski definition) is 0. The minimum Gasteiger partial charge on any atom is -0.490 e. The van der Waals surface area contributed by atoms with Crippen molar-refractivity contribution in [2.45, 2.75) is 46.1 Å². The van der Waals surface area contributed by atoms with E-state index in [1.165, 1.54) is 38.1 Å². The van der Waals surface area contributed by atoms with Crippen molar-refractivity contribution >= 4 is 6.09 Å². The lowest BCUT2D eigenvalue weighted by Crippen LogP contribution is -2.51. The first-order chi connectivity index (χ1) is 11.1. The second-order valence-corrected chi connectivity index (χ2v) is 5.96. The van der Waals surface area contributed by atoms with Crippen LogP contribution in [0.4, 0.5) is 4.79 Å². The van der Waals surface area contributed by atoms with Crippen LogP contribution in [0, 0.1) is 5.92 Å². The molecular formula is C19H25N2O2+. The number of rotatable bonds is 7. The summed E-state index contributed by atoms with van der Waals surface area (Å²) in [5.41, 5.74) is 2.07. The zero-order chi connectivity index (χ0) is 16.7. The lowest BCUT2D eigenvalue weighted by Gasteiger charge is -2.10. The summed E-state index contributed by atoms with van der Waals surface area (Å²) in [5, 5.41) is 10.7. The van der Waals surface area contributed by atoms with E-state index >= 15 is 0 Å². The molecule has 1 atom stereocenters. The second kappa shape index (κ2) is 8.42. The van der Waals surface area contributed by atoms with Gasteiger partial charge in [-0.1, -0.05) is 26.7 Å². The highest BCUT2D eigenvalue weighted by atomic mass is 16.4. The molecular weight excluding hydrogens is 288 g/mol. The van der Waals surface area contributed by atoms with Gasteiger partial charge in [0, 0.05) is 30.2 Å². The van der Waals surface area contributed by atoms with E-state index in [2.05, 4.69) is 42.9 Å². The van der Waals surface area contributed by atoms with Crippen molar-refractivity contribution in [3.63, 3.8) is 0 Å². The SMILES string of the molecule is CCCCC(CC)C[n+]1ccc(-c2cc[n+](C(=O)[O-])cc2)cc1. The molecule has 0 bridgehead atoms. The van der Waals surface area contributed by atoms with Gasteiger partial charge in [0.05, 0.1) is 0 Å². The molecule has 122 valence electrons. The lowest BCUT2D eigenvalue weighted by atomic mass is 9.99. The van der Waals surface area contributed by atoms with E-state index in [-0.39, 0.29) is 0 Å². The Balaban J connectivity index is 2.05. The van der Waals surface area contributed by atoms with Gasteiger partial charge < -0.3 is 9.90 Å². The van der Waals surface area contributed by atoms with Crippen LogP contribution in [0.5, 0.6) is 0 Å². The molecule has 0 fully saturated rings. The van der Waals surface area contributed by atoms with Crippen molar-refractivity contribution in [2.24, 2.45) is 5.92 Å². The molecule has 0 saturated carbocycles. The van der Waals surface area contributed by atoms with Gasteiger partial charge in [-0.25, -0.2) is 4.57 Å². The van der Waals surface area contributed by atoms with Crippen molar-refractivity contribution in [2.75, 3.05) is 0 Å². The second-order valence-electron chi connectivity index (χ2n) is 5.96. The van der Waals surface area contributed by atoms with Crippen LogP contribution < -0.4 is 14.2 Å². The molecule has 4 nitrogen and oxygen atoms in total. The largest absolute Gasteiger partial charge is 0.490 e. The number of carboxylic acid groups (broad SMARTS) is 1. The standard InChI is InChI=1S/C19H25N2O2/c1-3-5-6-16(4-2)15-20-11-7-17(8-12-20)18-9-13-21(14-10-18)19(22)23/h7-14,16H,3-6,15H2,1-2H3/q+1. The molecule has 2 aromatic heterocycles. The molecule has 2 heterocycles. The molecule has 1 unspecified atom stereocenters. The summed E-state index contributed by atoms with van der Waals surface area (Å²) in [7, 11) is 0. The Bertz CT molecular complexity index is 621. The zero-order valence-electron chi connectivity index (χ0n) is 13.9. The van der Waals surface area contributed by atoms with Crippen LogP contribution in [-0.2, 0) is 6.54 Å². The minimum atomic E-state index is -1.22. The molecule has 0 aromatic carbocycles. The number of hydrogen-bond acceptors (Lipinski definition) is 2. The summed E-state index contributed by atoms with van der Waals surface area (Å²) in [6.07, 6.45) is 11.0. The van der Waals surface area contributed by atoms with Crippen LogP contribution in [0.25, 0.3) is 11.1 Å². The molecule has 0 radical (unpaired) electrons. The van der Waals surface area contributed by atoms with Crippen molar-refractivity contribution in [1.29, 1.82) is 0 Å². The van der Waals surface area contributed by atoms with Crippen LogP contribution in [0.15, 0.2) is 49.1 Å². The maximum atomic E-state index is 10.7. The maximum Gasteiger partial charge on any atom is 0.343 e. The van der Waals surface area contributed by atoms with Crippen LogP contribution in [0.1, 0.15) is 39.5 Å². The highest BCUT2D eigenvalue weighted by Gasteiger charge is 2.12. The zero-order valence-corrected chi connectivity index (χ0v) is 13.9. The first kappa shape index (κ1) is 17.1. The molecule has 4 heteroatoms. The van der Waals surface area contributed by atoms with Gasteiger partial charge in [-0.3, -0.25) is 0 Å². The Hall–Kier alpha value is -2.23. The Morgan fingerprint density at radius 1 is 1.04 bits per heavy atom. The normalized spacial score (nSPS) is 12.1. The van der Waals surface area contributed by atoms with Gasteiger partial charge in [0.25, 0.3) is 0 Å². The van der Waals surface area contributed by atoms with Gasteiger partial charge in [-0.15, -0.1) is 0 Å². The summed E-state index contributed by atoms with van der Waals surface area (Å²) in [5.74, 6) is 0.726. The number of unbranched alkanes of at least 4 members (excludes halogenated alkanes) is 1. The van der Waals surface area contributed by atoms with Crippen LogP contribution >= 0.6 is 0 Å². The predicted octanol–water partition coefficient (Wildman–Crippen LogP) is 2.34. The van der Waals surface area contributed by atoms with Crippen molar-refractivity contribution < 1.29 is 19.0 Å². The lowest BCUT2D eigenvalue weighted by molar-refractivity contribution is -0.703. The van der Waals surface area contributed by atoms with Gasteiger partial charge in [-0.2, -0.15) is 4.57 Å².